The van der Waals surface area contributed by atoms with Crippen LogP contribution in [0.25, 0.3) is 31.6 Å². The third-order valence-electron chi connectivity index (χ3n) is 3.44. The Morgan fingerprint density at radius 2 is 1.36 bits per heavy atom. The fourth-order valence-corrected chi connectivity index (χ4v) is 4.29. The molecule has 2 heterocycles. The highest BCUT2D eigenvalue weighted by Gasteiger charge is 2.16. The van der Waals surface area contributed by atoms with Crippen molar-refractivity contribution >= 4 is 22.7 Å². The number of thiophene rings is 1. The molecule has 3 heteroatoms. The first-order valence-corrected chi connectivity index (χ1v) is 8.77. The van der Waals surface area contributed by atoms with Gasteiger partial charge in [-0.05, 0) is 17.0 Å². The topological polar surface area (TPSA) is 12.9 Å². The van der Waals surface area contributed by atoms with Crippen molar-refractivity contribution in [3.8, 4) is 31.6 Å². The summed E-state index contributed by atoms with van der Waals surface area (Å²) >= 11 is 3.50. The number of hydrogen-bond donors (Lipinski definition) is 0. The smallest absolute Gasteiger partial charge is 0.134 e. The van der Waals surface area contributed by atoms with E-state index in [0.29, 0.717) is 0 Å². The molecule has 1 nitrogen and oxygen atoms in total. The van der Waals surface area contributed by atoms with E-state index in [1.54, 1.807) is 22.7 Å². The molecule has 0 aliphatic rings. The van der Waals surface area contributed by atoms with Crippen LogP contribution in [-0.2, 0) is 0 Å². The van der Waals surface area contributed by atoms with Crippen LogP contribution in [0.4, 0.5) is 0 Å². The molecule has 106 valence electrons. The predicted octanol–water partition coefficient (Wildman–Crippen LogP) is 6.21. The highest BCUT2D eigenvalue weighted by atomic mass is 32.1. The number of aromatic nitrogens is 1. The molecule has 22 heavy (non-hydrogen) atoms. The molecule has 0 bridgehead atoms. The summed E-state index contributed by atoms with van der Waals surface area (Å²) in [4.78, 5) is 7.39. The average Bonchev–Trinajstić information content (AvgIpc) is 3.26. The first-order valence-electron chi connectivity index (χ1n) is 7.07. The van der Waals surface area contributed by atoms with Gasteiger partial charge in [0.15, 0.2) is 0 Å². The van der Waals surface area contributed by atoms with Crippen LogP contribution in [-0.4, -0.2) is 4.98 Å². The molecule has 0 radical (unpaired) electrons. The van der Waals surface area contributed by atoms with E-state index in [4.69, 9.17) is 4.98 Å². The largest absolute Gasteiger partial charge is 0.235 e. The summed E-state index contributed by atoms with van der Waals surface area (Å²) in [5.41, 5.74) is 3.46. The molecule has 0 aliphatic carbocycles. The van der Waals surface area contributed by atoms with Gasteiger partial charge in [0, 0.05) is 5.56 Å². The van der Waals surface area contributed by atoms with Crippen LogP contribution in [0.1, 0.15) is 0 Å². The van der Waals surface area contributed by atoms with Crippen molar-refractivity contribution in [2.75, 3.05) is 0 Å². The van der Waals surface area contributed by atoms with Gasteiger partial charge in [0.1, 0.15) is 5.01 Å². The molecule has 0 fully saturated rings. The summed E-state index contributed by atoms with van der Waals surface area (Å²) < 4.78 is 0. The van der Waals surface area contributed by atoms with Gasteiger partial charge in [0.25, 0.3) is 0 Å². The number of hydrogen-bond acceptors (Lipinski definition) is 3. The van der Waals surface area contributed by atoms with E-state index in [2.05, 4.69) is 66.0 Å². The van der Waals surface area contributed by atoms with E-state index >= 15 is 0 Å². The Kier molecular flexibility index (Phi) is 3.59. The lowest BCUT2D eigenvalue weighted by Gasteiger charge is -2.02. The maximum Gasteiger partial charge on any atom is 0.134 e. The van der Waals surface area contributed by atoms with Crippen molar-refractivity contribution in [3.63, 3.8) is 0 Å². The summed E-state index contributed by atoms with van der Waals surface area (Å²) in [6, 6.07) is 25.1. The van der Waals surface area contributed by atoms with Gasteiger partial charge >= 0.3 is 0 Å². The lowest BCUT2D eigenvalue weighted by atomic mass is 10.1. The number of rotatable bonds is 3. The number of thiazole rings is 1. The van der Waals surface area contributed by atoms with Crippen molar-refractivity contribution in [1.29, 1.82) is 0 Å². The minimum absolute atomic E-state index is 1.07. The molecular weight excluding hydrogens is 306 g/mol. The van der Waals surface area contributed by atoms with Gasteiger partial charge in [-0.3, -0.25) is 0 Å². The van der Waals surface area contributed by atoms with E-state index in [1.165, 1.54) is 20.9 Å². The van der Waals surface area contributed by atoms with Gasteiger partial charge in [-0.2, -0.15) is 0 Å². The van der Waals surface area contributed by atoms with Gasteiger partial charge in [-0.1, -0.05) is 66.7 Å². The minimum atomic E-state index is 1.07. The Morgan fingerprint density at radius 1 is 0.682 bits per heavy atom. The van der Waals surface area contributed by atoms with Crippen molar-refractivity contribution in [3.05, 3.63) is 78.2 Å². The molecule has 0 unspecified atom stereocenters. The molecule has 0 saturated carbocycles. The van der Waals surface area contributed by atoms with Gasteiger partial charge in [0.2, 0.25) is 0 Å². The summed E-state index contributed by atoms with van der Waals surface area (Å²) in [5.74, 6) is 0. The molecule has 0 amide bonds. The normalized spacial score (nSPS) is 10.7. The second kappa shape index (κ2) is 5.87. The first-order chi connectivity index (χ1) is 10.9. The Bertz CT molecular complexity index is 805. The van der Waals surface area contributed by atoms with Crippen LogP contribution in [0.2, 0.25) is 0 Å². The third-order valence-corrected chi connectivity index (χ3v) is 5.59. The molecule has 4 aromatic rings. The van der Waals surface area contributed by atoms with Crippen molar-refractivity contribution < 1.29 is 0 Å². The molecule has 2 aromatic carbocycles. The van der Waals surface area contributed by atoms with Crippen LogP contribution in [0, 0.1) is 0 Å². The van der Waals surface area contributed by atoms with Crippen LogP contribution in [0.5, 0.6) is 0 Å². The average molecular weight is 319 g/mol. The monoisotopic (exact) mass is 319 g/mol. The van der Waals surface area contributed by atoms with Crippen LogP contribution in [0.15, 0.2) is 78.2 Å². The summed E-state index contributed by atoms with van der Waals surface area (Å²) in [5, 5.41) is 3.19. The van der Waals surface area contributed by atoms with Crippen LogP contribution >= 0.6 is 22.7 Å². The molecule has 0 spiro atoms. The van der Waals surface area contributed by atoms with Gasteiger partial charge in [-0.15, -0.1) is 22.7 Å². The van der Waals surface area contributed by atoms with E-state index in [0.717, 1.165) is 10.7 Å². The van der Waals surface area contributed by atoms with E-state index in [9.17, 15) is 0 Å². The summed E-state index contributed by atoms with van der Waals surface area (Å²) in [6.07, 6.45) is 0. The third kappa shape index (κ3) is 2.49. The van der Waals surface area contributed by atoms with Crippen LogP contribution < -0.4 is 0 Å². The van der Waals surface area contributed by atoms with Gasteiger partial charge in [0.05, 0.1) is 15.4 Å². The maximum atomic E-state index is 4.93. The zero-order valence-corrected chi connectivity index (χ0v) is 13.4. The SMILES string of the molecule is c1ccc(-c2nc(-c3cccs3)sc2-c2ccccc2)cc1. The highest BCUT2D eigenvalue weighted by Crippen LogP contribution is 2.41. The van der Waals surface area contributed by atoms with E-state index in [1.807, 2.05) is 12.1 Å². The fraction of sp³-hybridized carbons (Fsp3) is 0. The van der Waals surface area contributed by atoms with Crippen molar-refractivity contribution in [2.45, 2.75) is 0 Å². The first kappa shape index (κ1) is 13.4. The second-order valence-electron chi connectivity index (χ2n) is 4.91. The Morgan fingerprint density at radius 3 is 2.00 bits per heavy atom. The van der Waals surface area contributed by atoms with Crippen molar-refractivity contribution in [1.82, 2.24) is 4.98 Å². The highest BCUT2D eigenvalue weighted by molar-refractivity contribution is 7.23. The number of benzene rings is 2. The summed E-state index contributed by atoms with van der Waals surface area (Å²) in [7, 11) is 0. The lowest BCUT2D eigenvalue weighted by Crippen LogP contribution is -1.81. The Labute approximate surface area is 137 Å². The Balaban J connectivity index is 1.92. The van der Waals surface area contributed by atoms with E-state index in [-0.39, 0.29) is 0 Å². The molecule has 4 rings (SSSR count). The second-order valence-corrected chi connectivity index (χ2v) is 6.85. The zero-order chi connectivity index (χ0) is 14.8. The predicted molar refractivity (Wildman–Crippen MR) is 96.3 cm³/mol. The number of nitrogens with zero attached hydrogens (tertiary/aromatic N) is 1. The quantitative estimate of drug-likeness (QED) is 0.438. The van der Waals surface area contributed by atoms with E-state index < -0.39 is 0 Å². The van der Waals surface area contributed by atoms with Gasteiger partial charge < -0.3 is 0 Å². The standard InChI is InChI=1S/C19H13NS2/c1-3-8-14(9-4-1)17-18(15-10-5-2-6-11-15)22-19(20-17)16-12-7-13-21-16/h1-13H. The molecular formula is C19H13NS2. The van der Waals surface area contributed by atoms with Crippen molar-refractivity contribution in [2.24, 2.45) is 0 Å². The lowest BCUT2D eigenvalue weighted by molar-refractivity contribution is 1.41. The Hall–Kier alpha value is -2.23. The van der Waals surface area contributed by atoms with Crippen LogP contribution in [0.3, 0.4) is 0 Å². The minimum Gasteiger partial charge on any atom is -0.235 e. The molecule has 0 atom stereocenters. The fourth-order valence-electron chi connectivity index (χ4n) is 2.40. The maximum absolute atomic E-state index is 4.93. The molecule has 0 N–H and O–H groups in total. The summed E-state index contributed by atoms with van der Waals surface area (Å²) in [6.45, 7) is 0. The molecule has 2 aromatic heterocycles. The zero-order valence-electron chi connectivity index (χ0n) is 11.8. The molecule has 0 aliphatic heterocycles. The molecule has 0 saturated heterocycles. The van der Waals surface area contributed by atoms with Gasteiger partial charge in [-0.25, -0.2) is 4.98 Å².